The Morgan fingerprint density at radius 2 is 2.04 bits per heavy atom. The fraction of sp³-hybridized carbons (Fsp3) is 0.550. The predicted molar refractivity (Wildman–Crippen MR) is 97.0 cm³/mol. The van der Waals surface area contributed by atoms with Gasteiger partial charge in [0.2, 0.25) is 5.91 Å². The third-order valence-electron chi connectivity index (χ3n) is 5.33. The molecule has 2 saturated heterocycles. The molecule has 1 aromatic carbocycles. The number of carbonyl (C=O) groups excluding carboxylic acids is 1. The van der Waals surface area contributed by atoms with E-state index in [9.17, 15) is 4.79 Å². The van der Waals surface area contributed by atoms with Crippen LogP contribution in [0.4, 0.5) is 0 Å². The van der Waals surface area contributed by atoms with E-state index in [4.69, 9.17) is 4.74 Å². The van der Waals surface area contributed by atoms with Gasteiger partial charge in [0.05, 0.1) is 12.5 Å². The van der Waals surface area contributed by atoms with Crippen molar-refractivity contribution in [3.05, 3.63) is 35.9 Å². The Balaban J connectivity index is 1.57. The number of nitrogens with zero attached hydrogens (tertiary/aromatic N) is 2. The normalized spacial score (nSPS) is 24.6. The summed E-state index contributed by atoms with van der Waals surface area (Å²) >= 11 is 0. The van der Waals surface area contributed by atoms with E-state index in [1.165, 1.54) is 0 Å². The zero-order valence-corrected chi connectivity index (χ0v) is 14.8. The Morgan fingerprint density at radius 1 is 1.25 bits per heavy atom. The van der Waals surface area contributed by atoms with Crippen molar-refractivity contribution < 1.29 is 9.53 Å². The average Bonchev–Trinajstić information content (AvgIpc) is 3.15. The van der Waals surface area contributed by atoms with Crippen molar-refractivity contribution in [3.63, 3.8) is 0 Å². The zero-order chi connectivity index (χ0) is 17.0. The minimum atomic E-state index is -0.104. The van der Waals surface area contributed by atoms with Crippen LogP contribution in [0.3, 0.4) is 0 Å². The largest absolute Gasteiger partial charge is 0.496 e. The molecule has 4 heteroatoms. The number of methoxy groups -OCH3 is 1. The van der Waals surface area contributed by atoms with Gasteiger partial charge in [0.1, 0.15) is 5.75 Å². The van der Waals surface area contributed by atoms with E-state index >= 15 is 0 Å². The summed E-state index contributed by atoms with van der Waals surface area (Å²) in [7, 11) is 1.70. The molecular formula is C20H28N2O2. The number of hydrogen-bond donors (Lipinski definition) is 0. The molecular weight excluding hydrogens is 300 g/mol. The maximum atomic E-state index is 12.7. The number of likely N-dealkylation sites (tertiary alicyclic amines) is 2. The van der Waals surface area contributed by atoms with Crippen LogP contribution in [0.1, 0.15) is 31.7 Å². The Bertz CT molecular complexity index is 613. The lowest BCUT2D eigenvalue weighted by molar-refractivity contribution is -0.135. The first-order valence-corrected chi connectivity index (χ1v) is 9.00. The van der Waals surface area contributed by atoms with Gasteiger partial charge in [0.25, 0.3) is 0 Å². The smallest absolute Gasteiger partial charge is 0.230 e. The summed E-state index contributed by atoms with van der Waals surface area (Å²) in [5.74, 6) is 1.29. The topological polar surface area (TPSA) is 32.8 Å². The average molecular weight is 328 g/mol. The molecule has 2 heterocycles. The second-order valence-electron chi connectivity index (χ2n) is 6.95. The maximum Gasteiger partial charge on any atom is 0.230 e. The van der Waals surface area contributed by atoms with Gasteiger partial charge in [-0.15, -0.1) is 0 Å². The van der Waals surface area contributed by atoms with Gasteiger partial charge < -0.3 is 9.64 Å². The van der Waals surface area contributed by atoms with Crippen molar-refractivity contribution in [2.45, 2.75) is 26.2 Å². The molecule has 3 rings (SSSR count). The molecule has 0 bridgehead atoms. The molecule has 0 N–H and O–H groups in total. The number of amides is 1. The molecule has 4 nitrogen and oxygen atoms in total. The molecule has 24 heavy (non-hydrogen) atoms. The summed E-state index contributed by atoms with van der Waals surface area (Å²) < 4.78 is 5.38. The van der Waals surface area contributed by atoms with Gasteiger partial charge in [-0.25, -0.2) is 0 Å². The Morgan fingerprint density at radius 3 is 2.83 bits per heavy atom. The van der Waals surface area contributed by atoms with Gasteiger partial charge in [0.15, 0.2) is 0 Å². The van der Waals surface area contributed by atoms with Gasteiger partial charge >= 0.3 is 0 Å². The van der Waals surface area contributed by atoms with Gasteiger partial charge in [-0.1, -0.05) is 37.3 Å². The maximum absolute atomic E-state index is 12.7. The second-order valence-corrected chi connectivity index (χ2v) is 6.95. The molecule has 1 spiro atoms. The minimum Gasteiger partial charge on any atom is -0.496 e. The number of carbonyl (C=O) groups is 1. The Hall–Kier alpha value is -1.81. The first-order chi connectivity index (χ1) is 11.7. The van der Waals surface area contributed by atoms with E-state index in [1.54, 1.807) is 7.11 Å². The predicted octanol–water partition coefficient (Wildman–Crippen LogP) is 3.04. The minimum absolute atomic E-state index is 0.104. The number of rotatable bonds is 6. The highest BCUT2D eigenvalue weighted by molar-refractivity contribution is 5.85. The SMILES string of the molecule is CCCN1CCC2(CCN(C/C=C/c3ccccc3OC)C2)C1=O. The molecule has 2 aliphatic heterocycles. The third kappa shape index (κ3) is 3.34. The van der Waals surface area contributed by atoms with Crippen LogP contribution in [0.15, 0.2) is 30.3 Å². The summed E-state index contributed by atoms with van der Waals surface area (Å²) in [5, 5.41) is 0. The summed E-state index contributed by atoms with van der Waals surface area (Å²) in [5.41, 5.74) is 0.993. The van der Waals surface area contributed by atoms with Crippen molar-refractivity contribution >= 4 is 12.0 Å². The molecule has 0 aliphatic carbocycles. The van der Waals surface area contributed by atoms with Crippen LogP contribution in [0.25, 0.3) is 6.08 Å². The van der Waals surface area contributed by atoms with Crippen molar-refractivity contribution in [1.29, 1.82) is 0 Å². The van der Waals surface area contributed by atoms with Crippen LogP contribution in [-0.2, 0) is 4.79 Å². The quantitative estimate of drug-likeness (QED) is 0.805. The lowest BCUT2D eigenvalue weighted by Crippen LogP contribution is -2.37. The molecule has 1 amide bonds. The highest BCUT2D eigenvalue weighted by Crippen LogP contribution is 2.40. The van der Waals surface area contributed by atoms with Crippen LogP contribution in [-0.4, -0.2) is 55.5 Å². The van der Waals surface area contributed by atoms with Gasteiger partial charge in [0, 0.05) is 31.7 Å². The molecule has 0 radical (unpaired) electrons. The number of benzene rings is 1. The van der Waals surface area contributed by atoms with E-state index in [2.05, 4.69) is 34.9 Å². The number of ether oxygens (including phenoxy) is 1. The molecule has 130 valence electrons. The fourth-order valence-electron chi connectivity index (χ4n) is 4.00. The molecule has 2 fully saturated rings. The van der Waals surface area contributed by atoms with Crippen molar-refractivity contribution in [2.75, 3.05) is 39.8 Å². The van der Waals surface area contributed by atoms with Crippen LogP contribution >= 0.6 is 0 Å². The number of hydrogen-bond acceptors (Lipinski definition) is 3. The van der Waals surface area contributed by atoms with E-state index in [-0.39, 0.29) is 5.41 Å². The molecule has 1 aromatic rings. The lowest BCUT2D eigenvalue weighted by Gasteiger charge is -2.23. The molecule has 1 atom stereocenters. The molecule has 2 aliphatic rings. The first-order valence-electron chi connectivity index (χ1n) is 9.00. The van der Waals surface area contributed by atoms with Crippen molar-refractivity contribution in [3.8, 4) is 5.75 Å². The summed E-state index contributed by atoms with van der Waals surface area (Å²) in [6.45, 7) is 6.80. The highest BCUT2D eigenvalue weighted by Gasteiger charge is 2.49. The monoisotopic (exact) mass is 328 g/mol. The fourth-order valence-corrected chi connectivity index (χ4v) is 4.00. The van der Waals surface area contributed by atoms with E-state index in [0.29, 0.717) is 5.91 Å². The first kappa shape index (κ1) is 17.0. The summed E-state index contributed by atoms with van der Waals surface area (Å²) in [4.78, 5) is 17.2. The van der Waals surface area contributed by atoms with Crippen LogP contribution < -0.4 is 4.74 Å². The Kier molecular flexibility index (Phi) is 5.24. The van der Waals surface area contributed by atoms with E-state index < -0.39 is 0 Å². The second kappa shape index (κ2) is 7.39. The van der Waals surface area contributed by atoms with Gasteiger partial charge in [-0.2, -0.15) is 0 Å². The van der Waals surface area contributed by atoms with Crippen LogP contribution in [0.2, 0.25) is 0 Å². The molecule has 0 aromatic heterocycles. The standard InChI is InChI=1S/C20H28N2O2/c1-3-12-22-15-11-20(19(22)23)10-14-21(16-20)13-6-8-17-7-4-5-9-18(17)24-2/h4-9H,3,10-16H2,1-2H3/b8-6+. The lowest BCUT2D eigenvalue weighted by atomic mass is 9.85. The number of para-hydroxylation sites is 1. The van der Waals surface area contributed by atoms with Crippen molar-refractivity contribution in [2.24, 2.45) is 5.41 Å². The van der Waals surface area contributed by atoms with Gasteiger partial charge in [-0.05, 0) is 31.9 Å². The zero-order valence-electron chi connectivity index (χ0n) is 14.8. The van der Waals surface area contributed by atoms with Gasteiger partial charge in [-0.3, -0.25) is 9.69 Å². The molecule has 1 unspecified atom stereocenters. The Labute approximate surface area is 145 Å². The van der Waals surface area contributed by atoms with Crippen LogP contribution in [0, 0.1) is 5.41 Å². The van der Waals surface area contributed by atoms with Crippen molar-refractivity contribution in [1.82, 2.24) is 9.80 Å². The summed E-state index contributed by atoms with van der Waals surface area (Å²) in [6.07, 6.45) is 7.38. The van der Waals surface area contributed by atoms with E-state index in [0.717, 1.165) is 63.3 Å². The highest BCUT2D eigenvalue weighted by atomic mass is 16.5. The third-order valence-corrected chi connectivity index (χ3v) is 5.33. The summed E-state index contributed by atoms with van der Waals surface area (Å²) in [6, 6.07) is 8.04. The van der Waals surface area contributed by atoms with Crippen LogP contribution in [0.5, 0.6) is 5.75 Å². The molecule has 0 saturated carbocycles. The van der Waals surface area contributed by atoms with E-state index in [1.807, 2.05) is 18.2 Å².